The molecule has 0 aromatic heterocycles. The van der Waals surface area contributed by atoms with E-state index in [0.717, 1.165) is 70.6 Å². The van der Waals surface area contributed by atoms with Crippen molar-refractivity contribution in [3.05, 3.63) is 48.6 Å². The highest BCUT2D eigenvalue weighted by molar-refractivity contribution is 5.77. The fraction of sp³-hybridized carbons (Fsp3) is 0.804. The van der Waals surface area contributed by atoms with Gasteiger partial charge in [-0.3, -0.25) is 9.59 Å². The fourth-order valence-corrected chi connectivity index (χ4v) is 7.25. The van der Waals surface area contributed by atoms with E-state index in [4.69, 9.17) is 4.74 Å². The number of ether oxygens (including phenoxy) is 1. The number of aliphatic hydroxyl groups is 2. The molecule has 0 radical (unpaired) electrons. The molecule has 0 spiro atoms. The molecule has 57 heavy (non-hydrogen) atoms. The molecule has 0 aliphatic heterocycles. The molecule has 0 aromatic carbocycles. The highest BCUT2D eigenvalue weighted by atomic mass is 16.5. The monoisotopic (exact) mass is 800 g/mol. The van der Waals surface area contributed by atoms with E-state index in [2.05, 4.69) is 62.5 Å². The Morgan fingerprint density at radius 3 is 1.51 bits per heavy atom. The lowest BCUT2D eigenvalue weighted by Crippen LogP contribution is -2.46. The van der Waals surface area contributed by atoms with Crippen LogP contribution in [0.2, 0.25) is 0 Å². The van der Waals surface area contributed by atoms with Crippen molar-refractivity contribution in [3.63, 3.8) is 0 Å². The minimum absolute atomic E-state index is 0.0532. The molecule has 332 valence electrons. The van der Waals surface area contributed by atoms with Gasteiger partial charge in [-0.2, -0.15) is 0 Å². The maximum Gasteiger partial charge on any atom is 0.306 e. The molecule has 3 N–H and O–H groups in total. The summed E-state index contributed by atoms with van der Waals surface area (Å²) in [6, 6.07) is -0.711. The van der Waals surface area contributed by atoms with Crippen LogP contribution in [0.15, 0.2) is 48.6 Å². The van der Waals surface area contributed by atoms with Crippen molar-refractivity contribution in [1.29, 1.82) is 0 Å². The van der Waals surface area contributed by atoms with Crippen molar-refractivity contribution in [1.82, 2.24) is 5.32 Å². The fourth-order valence-electron chi connectivity index (χ4n) is 7.25. The lowest BCUT2D eigenvalue weighted by atomic mass is 10.0. The number of rotatable bonds is 43. The Bertz CT molecular complexity index is 988. The number of hydrogen-bond acceptors (Lipinski definition) is 5. The number of amides is 1. The third-order valence-corrected chi connectivity index (χ3v) is 11.0. The van der Waals surface area contributed by atoms with Gasteiger partial charge in [0.1, 0.15) is 6.10 Å². The van der Waals surface area contributed by atoms with Gasteiger partial charge in [0.15, 0.2) is 0 Å². The summed E-state index contributed by atoms with van der Waals surface area (Å²) in [6.07, 6.45) is 53.1. The van der Waals surface area contributed by atoms with Gasteiger partial charge in [-0.1, -0.05) is 204 Å². The normalized spacial score (nSPS) is 13.7. The number of nitrogens with one attached hydrogen (secondary N) is 1. The van der Waals surface area contributed by atoms with Crippen molar-refractivity contribution in [2.45, 2.75) is 257 Å². The van der Waals surface area contributed by atoms with Crippen molar-refractivity contribution < 1.29 is 24.5 Å². The molecule has 1 amide bonds. The summed E-state index contributed by atoms with van der Waals surface area (Å²) >= 11 is 0. The number of carbonyl (C=O) groups is 2. The minimum Gasteiger partial charge on any atom is -0.462 e. The van der Waals surface area contributed by atoms with Crippen LogP contribution in [0.1, 0.15) is 239 Å². The SMILES string of the molecule is CC/C=C/C=C/C=C\CCCCCC(CC(=O)NC(CO)C(O)CCCCCCCCCCCCCC)OC(=O)CCCCCCCCC/C=C\CCCCCC. The number of carbonyl (C=O) groups excluding carboxylic acids is 2. The van der Waals surface area contributed by atoms with Crippen LogP contribution in [0.3, 0.4) is 0 Å². The quantitative estimate of drug-likeness (QED) is 0.0247. The highest BCUT2D eigenvalue weighted by Gasteiger charge is 2.24. The first-order valence-electron chi connectivity index (χ1n) is 24.4. The van der Waals surface area contributed by atoms with E-state index in [1.54, 1.807) is 0 Å². The molecule has 0 aliphatic carbocycles. The lowest BCUT2D eigenvalue weighted by molar-refractivity contribution is -0.151. The third kappa shape index (κ3) is 40.4. The summed E-state index contributed by atoms with van der Waals surface area (Å²) in [5, 5.41) is 23.7. The molecule has 0 heterocycles. The maximum atomic E-state index is 13.1. The van der Waals surface area contributed by atoms with Crippen LogP contribution in [0.4, 0.5) is 0 Å². The molecular formula is C51H93NO5. The Morgan fingerprint density at radius 1 is 0.526 bits per heavy atom. The van der Waals surface area contributed by atoms with Gasteiger partial charge in [-0.05, 0) is 70.6 Å². The Morgan fingerprint density at radius 2 is 0.965 bits per heavy atom. The molecule has 0 saturated carbocycles. The van der Waals surface area contributed by atoms with Crippen LogP contribution in [0, 0.1) is 0 Å². The van der Waals surface area contributed by atoms with Crippen molar-refractivity contribution in [2.24, 2.45) is 0 Å². The van der Waals surface area contributed by atoms with Crippen LogP contribution in [0.5, 0.6) is 0 Å². The molecule has 6 heteroatoms. The zero-order valence-electron chi connectivity index (χ0n) is 37.7. The summed E-state index contributed by atoms with van der Waals surface area (Å²) < 4.78 is 5.90. The molecule has 3 unspecified atom stereocenters. The van der Waals surface area contributed by atoms with E-state index >= 15 is 0 Å². The zero-order chi connectivity index (χ0) is 41.7. The molecule has 0 aliphatic rings. The van der Waals surface area contributed by atoms with Gasteiger partial charge in [-0.15, -0.1) is 0 Å². The second kappa shape index (κ2) is 44.9. The summed E-state index contributed by atoms with van der Waals surface area (Å²) in [4.78, 5) is 26.0. The highest BCUT2D eigenvalue weighted by Crippen LogP contribution is 2.17. The van der Waals surface area contributed by atoms with Crippen LogP contribution in [-0.4, -0.2) is 46.9 Å². The van der Waals surface area contributed by atoms with Gasteiger partial charge >= 0.3 is 5.97 Å². The number of allylic oxidation sites excluding steroid dienone is 8. The predicted octanol–water partition coefficient (Wildman–Crippen LogP) is 14.3. The minimum atomic E-state index is -0.796. The number of esters is 1. The molecular weight excluding hydrogens is 707 g/mol. The average molecular weight is 800 g/mol. The number of hydrogen-bond donors (Lipinski definition) is 3. The largest absolute Gasteiger partial charge is 0.462 e. The summed E-state index contributed by atoms with van der Waals surface area (Å²) in [6.45, 7) is 6.32. The summed E-state index contributed by atoms with van der Waals surface area (Å²) in [5.41, 5.74) is 0. The number of unbranched alkanes of at least 4 members (excludes halogenated alkanes) is 25. The number of aliphatic hydroxyl groups excluding tert-OH is 2. The Balaban J connectivity index is 4.58. The topological polar surface area (TPSA) is 95.9 Å². The second-order valence-electron chi connectivity index (χ2n) is 16.5. The average Bonchev–Trinajstić information content (AvgIpc) is 3.20. The summed E-state index contributed by atoms with van der Waals surface area (Å²) in [7, 11) is 0. The van der Waals surface area contributed by atoms with E-state index in [9.17, 15) is 19.8 Å². The first-order valence-corrected chi connectivity index (χ1v) is 24.4. The van der Waals surface area contributed by atoms with Crippen LogP contribution in [-0.2, 0) is 14.3 Å². The molecule has 6 nitrogen and oxygen atoms in total. The van der Waals surface area contributed by atoms with Crippen LogP contribution in [0.25, 0.3) is 0 Å². The smallest absolute Gasteiger partial charge is 0.306 e. The van der Waals surface area contributed by atoms with E-state index in [1.165, 1.54) is 122 Å². The van der Waals surface area contributed by atoms with E-state index < -0.39 is 18.2 Å². The molecule has 0 bridgehead atoms. The van der Waals surface area contributed by atoms with Crippen molar-refractivity contribution >= 4 is 11.9 Å². The van der Waals surface area contributed by atoms with E-state index in [0.29, 0.717) is 19.3 Å². The van der Waals surface area contributed by atoms with Crippen LogP contribution < -0.4 is 5.32 Å². The Hall–Kier alpha value is -2.18. The predicted molar refractivity (Wildman–Crippen MR) is 245 cm³/mol. The van der Waals surface area contributed by atoms with E-state index in [-0.39, 0.29) is 24.9 Å². The van der Waals surface area contributed by atoms with Gasteiger partial charge < -0.3 is 20.3 Å². The third-order valence-electron chi connectivity index (χ3n) is 11.0. The van der Waals surface area contributed by atoms with Gasteiger partial charge in [-0.25, -0.2) is 0 Å². The molecule has 0 fully saturated rings. The van der Waals surface area contributed by atoms with Gasteiger partial charge in [0, 0.05) is 6.42 Å². The Kier molecular flexibility index (Phi) is 43.2. The molecule has 3 atom stereocenters. The van der Waals surface area contributed by atoms with Gasteiger partial charge in [0.05, 0.1) is 25.2 Å². The standard InChI is InChI=1S/C51H93NO5/c1-4-7-10-13-16-19-22-24-25-26-29-32-35-38-41-44-51(56)57-47(42-39-36-33-30-27-21-18-15-12-9-6-3)45-50(55)52-48(46-53)49(54)43-40-37-34-31-28-23-20-17-14-11-8-5-2/h9,12,15,18-19,21-22,27,47-49,53-54H,4-8,10-11,13-14,16-17,20,23-26,28-46H2,1-3H3,(H,52,55)/b12-9+,18-15+,22-19-,27-21-. The van der Waals surface area contributed by atoms with Crippen LogP contribution >= 0.6 is 0 Å². The zero-order valence-corrected chi connectivity index (χ0v) is 37.7. The molecule has 0 rings (SSSR count). The van der Waals surface area contributed by atoms with Crippen molar-refractivity contribution in [3.8, 4) is 0 Å². The van der Waals surface area contributed by atoms with E-state index in [1.807, 2.05) is 12.2 Å². The van der Waals surface area contributed by atoms with Gasteiger partial charge in [0.2, 0.25) is 5.91 Å². The molecule has 0 saturated heterocycles. The first kappa shape index (κ1) is 54.8. The summed E-state index contributed by atoms with van der Waals surface area (Å²) in [5.74, 6) is -0.512. The first-order chi connectivity index (χ1) is 28.0. The second-order valence-corrected chi connectivity index (χ2v) is 16.5. The Labute approximate surface area is 353 Å². The van der Waals surface area contributed by atoms with Gasteiger partial charge in [0.25, 0.3) is 0 Å². The van der Waals surface area contributed by atoms with Crippen molar-refractivity contribution in [2.75, 3.05) is 6.61 Å². The molecule has 0 aromatic rings. The lowest BCUT2D eigenvalue weighted by Gasteiger charge is -2.24. The maximum absolute atomic E-state index is 13.1.